The summed E-state index contributed by atoms with van der Waals surface area (Å²) >= 11 is 0. The van der Waals surface area contributed by atoms with Crippen LogP contribution in [0.4, 0.5) is 0 Å². The van der Waals surface area contributed by atoms with Gasteiger partial charge in [-0.25, -0.2) is 0 Å². The lowest BCUT2D eigenvalue weighted by Gasteiger charge is -2.28. The minimum absolute atomic E-state index is 0.240. The van der Waals surface area contributed by atoms with Gasteiger partial charge in [0.1, 0.15) is 0 Å². The first kappa shape index (κ1) is 10.2. The van der Waals surface area contributed by atoms with Gasteiger partial charge in [0, 0.05) is 0 Å². The minimum atomic E-state index is -3.42. The molecule has 0 aromatic heterocycles. The van der Waals surface area contributed by atoms with Crippen LogP contribution in [0.25, 0.3) is 0 Å². The van der Waals surface area contributed by atoms with E-state index in [9.17, 15) is 0 Å². The van der Waals surface area contributed by atoms with Gasteiger partial charge in [-0.05, 0) is 17.9 Å². The van der Waals surface area contributed by atoms with E-state index in [0.29, 0.717) is 0 Å². The number of rotatable bonds is 3. The van der Waals surface area contributed by atoms with Gasteiger partial charge in [0.2, 0.25) is 0 Å². The molecule has 0 saturated heterocycles. The Morgan fingerprint density at radius 3 is 2.15 bits per heavy atom. The van der Waals surface area contributed by atoms with Gasteiger partial charge < -0.3 is 20.8 Å². The fourth-order valence-corrected chi connectivity index (χ4v) is 1.04. The molecular weight excluding hydrogens is 169 g/mol. The summed E-state index contributed by atoms with van der Waals surface area (Å²) in [7, 11) is 0. The Kier molecular flexibility index (Phi) is 3.05. The molecule has 0 fully saturated rings. The summed E-state index contributed by atoms with van der Waals surface area (Å²) in [6.45, 7) is -3.42. The predicted molar refractivity (Wildman–Crippen MR) is 50.5 cm³/mol. The van der Waals surface area contributed by atoms with Crippen LogP contribution in [-0.4, -0.2) is 27.8 Å². The van der Waals surface area contributed by atoms with Crippen molar-refractivity contribution >= 4 is 6.75 Å². The maximum absolute atomic E-state index is 8.80. The van der Waals surface area contributed by atoms with Crippen molar-refractivity contribution in [3.05, 3.63) is 35.9 Å². The minimum Gasteiger partial charge on any atom is -0.559 e. The first-order chi connectivity index (χ1) is 6.00. The highest BCUT2D eigenvalue weighted by Crippen LogP contribution is 2.05. The van der Waals surface area contributed by atoms with E-state index in [1.54, 1.807) is 0 Å². The Labute approximate surface area is 76.6 Å². The average molecular weight is 182 g/mol. The van der Waals surface area contributed by atoms with E-state index < -0.39 is 12.7 Å². The highest BCUT2D eigenvalue weighted by atomic mass is 16.5. The molecular formula is C8H13BNO3-. The van der Waals surface area contributed by atoms with E-state index in [1.165, 1.54) is 0 Å². The third-order valence-corrected chi connectivity index (χ3v) is 1.89. The zero-order chi connectivity index (χ0) is 9.90. The van der Waals surface area contributed by atoms with Crippen LogP contribution in [0, 0.1) is 0 Å². The van der Waals surface area contributed by atoms with E-state index in [0.717, 1.165) is 5.56 Å². The van der Waals surface area contributed by atoms with Crippen molar-refractivity contribution in [2.45, 2.75) is 12.4 Å². The lowest BCUT2D eigenvalue weighted by molar-refractivity contribution is 0.211. The largest absolute Gasteiger partial charge is 0.559 e. The van der Waals surface area contributed by atoms with Crippen molar-refractivity contribution in [1.82, 2.24) is 0 Å². The second-order valence-electron chi connectivity index (χ2n) is 3.15. The standard InChI is InChI=1S/C8H13BNO3/c10-8(9(11,12)13)6-7-4-2-1-3-5-7/h1-5,8,11-13H,6,10H2/q-1/t8-/m0/s1. The third-order valence-electron chi connectivity index (χ3n) is 1.89. The molecule has 0 amide bonds. The Balaban J connectivity index is 2.61. The van der Waals surface area contributed by atoms with E-state index in [1.807, 2.05) is 30.3 Å². The van der Waals surface area contributed by atoms with Gasteiger partial charge in [0.25, 0.3) is 0 Å². The maximum Gasteiger partial charge on any atom is 0.388 e. The van der Waals surface area contributed by atoms with Gasteiger partial charge in [-0.1, -0.05) is 30.3 Å². The van der Waals surface area contributed by atoms with Crippen LogP contribution < -0.4 is 5.73 Å². The van der Waals surface area contributed by atoms with Crippen molar-refractivity contribution in [1.29, 1.82) is 0 Å². The quantitative estimate of drug-likeness (QED) is 0.452. The zero-order valence-corrected chi connectivity index (χ0v) is 7.17. The van der Waals surface area contributed by atoms with Gasteiger partial charge in [-0.2, -0.15) is 0 Å². The average Bonchev–Trinajstić information content (AvgIpc) is 2.04. The monoisotopic (exact) mass is 182 g/mol. The van der Waals surface area contributed by atoms with Crippen LogP contribution in [0.3, 0.4) is 0 Å². The molecule has 13 heavy (non-hydrogen) atoms. The third kappa shape index (κ3) is 3.16. The van der Waals surface area contributed by atoms with Crippen molar-refractivity contribution < 1.29 is 15.1 Å². The first-order valence-electron chi connectivity index (χ1n) is 4.11. The SMILES string of the molecule is N[C@@H](Cc1ccccc1)[B-](O)(O)O. The molecule has 0 saturated carbocycles. The summed E-state index contributed by atoms with van der Waals surface area (Å²) in [5, 5.41) is 26.4. The summed E-state index contributed by atoms with van der Waals surface area (Å²) in [4.78, 5) is 0. The van der Waals surface area contributed by atoms with Gasteiger partial charge >= 0.3 is 6.75 Å². The van der Waals surface area contributed by atoms with Gasteiger partial charge in [-0.15, -0.1) is 0 Å². The molecule has 4 nitrogen and oxygen atoms in total. The lowest BCUT2D eigenvalue weighted by Crippen LogP contribution is -2.55. The predicted octanol–water partition coefficient (Wildman–Crippen LogP) is -0.989. The first-order valence-corrected chi connectivity index (χ1v) is 4.11. The second kappa shape index (κ2) is 3.89. The molecule has 1 rings (SSSR count). The normalized spacial score (nSPS) is 14.2. The molecule has 5 N–H and O–H groups in total. The molecule has 1 atom stereocenters. The molecule has 1 aromatic carbocycles. The van der Waals surface area contributed by atoms with Gasteiger partial charge in [-0.3, -0.25) is 0 Å². The summed E-state index contributed by atoms with van der Waals surface area (Å²) in [5.74, 6) is -1.04. The number of nitrogens with two attached hydrogens (primary N) is 1. The molecule has 5 heteroatoms. The number of benzene rings is 1. The fourth-order valence-electron chi connectivity index (χ4n) is 1.04. The Morgan fingerprint density at radius 1 is 1.15 bits per heavy atom. The second-order valence-corrected chi connectivity index (χ2v) is 3.15. The lowest BCUT2D eigenvalue weighted by atomic mass is 9.68. The van der Waals surface area contributed by atoms with Gasteiger partial charge in [0.05, 0.1) is 0 Å². The fraction of sp³-hybridized carbons (Fsp3) is 0.250. The van der Waals surface area contributed by atoms with E-state index in [-0.39, 0.29) is 6.42 Å². The van der Waals surface area contributed by atoms with E-state index >= 15 is 0 Å². The van der Waals surface area contributed by atoms with Crippen molar-refractivity contribution in [2.24, 2.45) is 5.73 Å². The van der Waals surface area contributed by atoms with E-state index in [4.69, 9.17) is 20.8 Å². The number of hydrogen-bond acceptors (Lipinski definition) is 4. The molecule has 0 spiro atoms. The topological polar surface area (TPSA) is 86.7 Å². The van der Waals surface area contributed by atoms with Crippen LogP contribution in [0.15, 0.2) is 30.3 Å². The Morgan fingerprint density at radius 2 is 1.69 bits per heavy atom. The maximum atomic E-state index is 8.80. The van der Waals surface area contributed by atoms with Crippen LogP contribution >= 0.6 is 0 Å². The molecule has 0 aliphatic carbocycles. The molecule has 72 valence electrons. The smallest absolute Gasteiger partial charge is 0.388 e. The number of hydrogen-bond donors (Lipinski definition) is 4. The summed E-state index contributed by atoms with van der Waals surface area (Å²) in [6, 6.07) is 9.11. The molecule has 0 radical (unpaired) electrons. The van der Waals surface area contributed by atoms with Crippen molar-refractivity contribution in [3.8, 4) is 0 Å². The Hall–Kier alpha value is -0.875. The van der Waals surface area contributed by atoms with Crippen LogP contribution in [0.5, 0.6) is 0 Å². The highest BCUT2D eigenvalue weighted by Gasteiger charge is 2.24. The van der Waals surface area contributed by atoms with Crippen LogP contribution in [0.2, 0.25) is 0 Å². The van der Waals surface area contributed by atoms with Crippen LogP contribution in [0.1, 0.15) is 5.56 Å². The molecule has 1 aromatic rings. The molecule has 0 bridgehead atoms. The molecule has 0 heterocycles. The summed E-state index contributed by atoms with van der Waals surface area (Å²) in [6.07, 6.45) is 0.240. The van der Waals surface area contributed by atoms with E-state index in [2.05, 4.69) is 0 Å². The zero-order valence-electron chi connectivity index (χ0n) is 7.17. The van der Waals surface area contributed by atoms with Crippen molar-refractivity contribution in [3.63, 3.8) is 0 Å². The highest BCUT2D eigenvalue weighted by molar-refractivity contribution is 6.58. The Bertz CT molecular complexity index is 260. The van der Waals surface area contributed by atoms with Gasteiger partial charge in [0.15, 0.2) is 0 Å². The van der Waals surface area contributed by atoms with Crippen LogP contribution in [-0.2, 0) is 6.42 Å². The molecule has 0 aliphatic heterocycles. The van der Waals surface area contributed by atoms with Crippen molar-refractivity contribution in [2.75, 3.05) is 0 Å². The summed E-state index contributed by atoms with van der Waals surface area (Å²) < 4.78 is 0. The molecule has 0 aliphatic rings. The summed E-state index contributed by atoms with van der Waals surface area (Å²) in [5.41, 5.74) is 6.22. The molecule has 0 unspecified atom stereocenters.